The van der Waals surface area contributed by atoms with Crippen molar-refractivity contribution in [3.8, 4) is 5.75 Å². The number of aromatic nitrogens is 2. The molecule has 164 valence electrons. The number of fused-ring (bicyclic) bond motifs is 1. The first-order chi connectivity index (χ1) is 15.1. The minimum atomic E-state index is -0.141. The molecule has 2 aromatic heterocycles. The zero-order valence-electron chi connectivity index (χ0n) is 18.2. The summed E-state index contributed by atoms with van der Waals surface area (Å²) >= 11 is 1.73. The number of carbonyl (C=O) groups excluding carboxylic acids is 1. The van der Waals surface area contributed by atoms with Crippen molar-refractivity contribution in [3.63, 3.8) is 0 Å². The van der Waals surface area contributed by atoms with Gasteiger partial charge in [-0.3, -0.25) is 14.8 Å². The fraction of sp³-hybridized carbons (Fsp3) is 0.417. The summed E-state index contributed by atoms with van der Waals surface area (Å²) in [6.45, 7) is 4.18. The molecule has 1 aromatic carbocycles. The zero-order valence-corrected chi connectivity index (χ0v) is 19.0. The number of nitrogens with one attached hydrogen (secondary N) is 2. The summed E-state index contributed by atoms with van der Waals surface area (Å²) in [5.41, 5.74) is 5.27. The maximum Gasteiger partial charge on any atom is 0.272 e. The minimum Gasteiger partial charge on any atom is -0.489 e. The molecule has 0 bridgehead atoms. The molecule has 1 amide bonds. The number of carbonyl (C=O) groups is 1. The molecule has 7 heteroatoms. The molecule has 4 rings (SSSR count). The predicted octanol–water partition coefficient (Wildman–Crippen LogP) is 4.18. The van der Waals surface area contributed by atoms with Crippen LogP contribution in [0.15, 0.2) is 41.1 Å². The van der Waals surface area contributed by atoms with E-state index in [0.717, 1.165) is 55.8 Å². The lowest BCUT2D eigenvalue weighted by Crippen LogP contribution is -2.34. The summed E-state index contributed by atoms with van der Waals surface area (Å²) in [7, 11) is 2.12. The summed E-state index contributed by atoms with van der Waals surface area (Å²) in [6.07, 6.45) is 4.04. The number of H-pyrrole nitrogens is 1. The molecule has 2 heterocycles. The topological polar surface area (TPSA) is 70.2 Å². The molecule has 0 aliphatic heterocycles. The molecule has 1 atom stereocenters. The maximum absolute atomic E-state index is 12.6. The number of aryl methyl sites for hydroxylation is 1. The van der Waals surface area contributed by atoms with Gasteiger partial charge in [0, 0.05) is 24.3 Å². The summed E-state index contributed by atoms with van der Waals surface area (Å²) in [6, 6.07) is 10.3. The Kier molecular flexibility index (Phi) is 7.04. The highest BCUT2D eigenvalue weighted by Gasteiger charge is 2.22. The third-order valence-electron chi connectivity index (χ3n) is 5.54. The molecule has 0 radical (unpaired) electrons. The lowest BCUT2D eigenvalue weighted by atomic mass is 9.96. The molecule has 31 heavy (non-hydrogen) atoms. The Morgan fingerprint density at radius 1 is 1.26 bits per heavy atom. The van der Waals surface area contributed by atoms with Gasteiger partial charge in [-0.2, -0.15) is 16.4 Å². The van der Waals surface area contributed by atoms with Crippen LogP contribution in [0.4, 0.5) is 0 Å². The quantitative estimate of drug-likeness (QED) is 0.526. The van der Waals surface area contributed by atoms with Gasteiger partial charge < -0.3 is 10.1 Å². The van der Waals surface area contributed by atoms with Crippen LogP contribution in [0.2, 0.25) is 0 Å². The van der Waals surface area contributed by atoms with E-state index < -0.39 is 0 Å². The van der Waals surface area contributed by atoms with E-state index in [4.69, 9.17) is 4.74 Å². The van der Waals surface area contributed by atoms with Crippen molar-refractivity contribution in [2.45, 2.75) is 51.8 Å². The summed E-state index contributed by atoms with van der Waals surface area (Å²) in [5, 5.41) is 14.5. The van der Waals surface area contributed by atoms with Gasteiger partial charge in [0.1, 0.15) is 11.9 Å². The van der Waals surface area contributed by atoms with Gasteiger partial charge in [0.2, 0.25) is 0 Å². The Labute approximate surface area is 187 Å². The van der Waals surface area contributed by atoms with Crippen LogP contribution in [0.1, 0.15) is 52.6 Å². The van der Waals surface area contributed by atoms with Crippen LogP contribution in [0.3, 0.4) is 0 Å². The van der Waals surface area contributed by atoms with Gasteiger partial charge in [0.25, 0.3) is 5.91 Å². The average molecular weight is 439 g/mol. The molecule has 0 spiro atoms. The lowest BCUT2D eigenvalue weighted by molar-refractivity contribution is 0.0926. The molecule has 1 aliphatic carbocycles. The number of hydrogen-bond acceptors (Lipinski definition) is 5. The van der Waals surface area contributed by atoms with Gasteiger partial charge in [-0.25, -0.2) is 0 Å². The number of rotatable bonds is 9. The van der Waals surface area contributed by atoms with Gasteiger partial charge in [-0.15, -0.1) is 0 Å². The van der Waals surface area contributed by atoms with Crippen LogP contribution < -0.4 is 10.1 Å². The Bertz CT molecular complexity index is 999. The smallest absolute Gasteiger partial charge is 0.272 e. The first-order valence-electron chi connectivity index (χ1n) is 10.9. The molecule has 1 unspecified atom stereocenters. The molecule has 1 aliphatic rings. The average Bonchev–Trinajstić information content (AvgIpc) is 3.42. The van der Waals surface area contributed by atoms with Crippen LogP contribution in [0.25, 0.3) is 0 Å². The zero-order chi connectivity index (χ0) is 21.6. The molecular weight excluding hydrogens is 408 g/mol. The van der Waals surface area contributed by atoms with E-state index >= 15 is 0 Å². The van der Waals surface area contributed by atoms with Crippen molar-refractivity contribution in [2.75, 3.05) is 13.6 Å². The number of nitrogens with zero attached hydrogens (tertiary/aromatic N) is 2. The number of hydrogen-bond donors (Lipinski definition) is 2. The van der Waals surface area contributed by atoms with Crippen LogP contribution in [0, 0.1) is 0 Å². The Balaban J connectivity index is 1.27. The number of ether oxygens (including phenoxy) is 1. The van der Waals surface area contributed by atoms with E-state index in [1.807, 2.05) is 19.1 Å². The van der Waals surface area contributed by atoms with Gasteiger partial charge in [0.15, 0.2) is 5.69 Å². The first-order valence-corrected chi connectivity index (χ1v) is 11.8. The fourth-order valence-electron chi connectivity index (χ4n) is 4.04. The first kappa shape index (κ1) is 21.6. The maximum atomic E-state index is 12.6. The largest absolute Gasteiger partial charge is 0.489 e. The van der Waals surface area contributed by atoms with Gasteiger partial charge >= 0.3 is 0 Å². The third kappa shape index (κ3) is 5.74. The second-order valence-corrected chi connectivity index (χ2v) is 9.11. The fourth-order valence-corrected chi connectivity index (χ4v) is 4.70. The molecule has 2 N–H and O–H groups in total. The van der Waals surface area contributed by atoms with Crippen LogP contribution in [-0.4, -0.2) is 40.7 Å². The van der Waals surface area contributed by atoms with E-state index in [-0.39, 0.29) is 12.0 Å². The third-order valence-corrected chi connectivity index (χ3v) is 6.27. The second kappa shape index (κ2) is 10.1. The summed E-state index contributed by atoms with van der Waals surface area (Å²) in [4.78, 5) is 14.9. The number of thiophene rings is 1. The molecule has 3 aromatic rings. The Hall–Kier alpha value is -2.64. The second-order valence-electron chi connectivity index (χ2n) is 8.33. The van der Waals surface area contributed by atoms with Crippen LogP contribution >= 0.6 is 11.3 Å². The summed E-state index contributed by atoms with van der Waals surface area (Å²) < 4.78 is 6.06. The van der Waals surface area contributed by atoms with Crippen LogP contribution in [-0.2, 0) is 25.9 Å². The Morgan fingerprint density at radius 3 is 2.94 bits per heavy atom. The molecule has 0 saturated carbocycles. The van der Waals surface area contributed by atoms with Crippen molar-refractivity contribution < 1.29 is 9.53 Å². The highest BCUT2D eigenvalue weighted by molar-refractivity contribution is 7.07. The highest BCUT2D eigenvalue weighted by atomic mass is 32.1. The van der Waals surface area contributed by atoms with E-state index in [1.54, 1.807) is 11.3 Å². The van der Waals surface area contributed by atoms with Crippen molar-refractivity contribution in [2.24, 2.45) is 0 Å². The predicted molar refractivity (Wildman–Crippen MR) is 124 cm³/mol. The van der Waals surface area contributed by atoms with Gasteiger partial charge in [0.05, 0.1) is 6.54 Å². The molecular formula is C24H30N4O2S. The van der Waals surface area contributed by atoms with Crippen molar-refractivity contribution >= 4 is 17.2 Å². The number of amides is 1. The van der Waals surface area contributed by atoms with E-state index in [9.17, 15) is 4.79 Å². The number of benzene rings is 1. The van der Waals surface area contributed by atoms with Crippen molar-refractivity contribution in [1.29, 1.82) is 0 Å². The Morgan fingerprint density at radius 2 is 2.10 bits per heavy atom. The van der Waals surface area contributed by atoms with Gasteiger partial charge in [-0.1, -0.05) is 12.1 Å². The van der Waals surface area contributed by atoms with Crippen molar-refractivity contribution in [3.05, 3.63) is 69.2 Å². The van der Waals surface area contributed by atoms with Crippen molar-refractivity contribution in [1.82, 2.24) is 20.4 Å². The van der Waals surface area contributed by atoms with E-state index in [2.05, 4.69) is 56.4 Å². The molecule has 0 fully saturated rings. The minimum absolute atomic E-state index is 0.126. The number of aromatic amines is 1. The standard InChI is InChI=1S/C24H30N4O2S/c1-17(13-25-24(29)23-21-8-3-4-9-22(21)26-27-23)30-20-7-5-6-18(12-20)14-28(2)15-19-10-11-31-16-19/h5-7,10-12,16-17H,3-4,8-9,13-15H2,1-2H3,(H,25,29)(H,26,27). The molecule has 0 saturated heterocycles. The monoisotopic (exact) mass is 438 g/mol. The van der Waals surface area contributed by atoms with E-state index in [1.165, 1.54) is 11.1 Å². The SMILES string of the molecule is CC(CNC(=O)c1n[nH]c2c1CCCC2)Oc1cccc(CN(C)Cc2ccsc2)c1. The van der Waals surface area contributed by atoms with Crippen LogP contribution in [0.5, 0.6) is 5.75 Å². The summed E-state index contributed by atoms with van der Waals surface area (Å²) in [5.74, 6) is 0.694. The lowest BCUT2D eigenvalue weighted by Gasteiger charge is -2.18. The highest BCUT2D eigenvalue weighted by Crippen LogP contribution is 2.22. The molecule has 6 nitrogen and oxygen atoms in total. The van der Waals surface area contributed by atoms with E-state index in [0.29, 0.717) is 12.2 Å². The normalized spacial score (nSPS) is 14.3. The van der Waals surface area contributed by atoms with Gasteiger partial charge in [-0.05, 0) is 79.7 Å².